The number of hydrogen-bond donors (Lipinski definition) is 2. The number of ether oxygens (including phenoxy) is 2. The Balaban J connectivity index is 1.31. The summed E-state index contributed by atoms with van der Waals surface area (Å²) < 4.78 is 10.9. The standard InChI is InChI=1S/C27H36N4O4/c28-12-6-2-5-9-26(32)29-23(17-21-7-3-1-4-8-21)27(33)31-15-13-30(14-16-31)19-22-10-11-24-25(18-22)35-20-34-24/h1,3-4,7-8,10-11,18,23H,2,5-6,9,12-17,19-20,28H2,(H,29,32). The van der Waals surface area contributed by atoms with E-state index in [1.54, 1.807) is 0 Å². The first-order chi connectivity index (χ1) is 17.1. The normalized spacial score (nSPS) is 16.2. The zero-order chi connectivity index (χ0) is 24.5. The fraction of sp³-hybridized carbons (Fsp3) is 0.481. The quantitative estimate of drug-likeness (QED) is 0.479. The van der Waals surface area contributed by atoms with Crippen LogP contribution in [0, 0.1) is 0 Å². The first-order valence-electron chi connectivity index (χ1n) is 12.6. The van der Waals surface area contributed by atoms with E-state index in [0.29, 0.717) is 32.5 Å². The van der Waals surface area contributed by atoms with E-state index in [4.69, 9.17) is 15.2 Å². The number of hydrogen-bond acceptors (Lipinski definition) is 6. The van der Waals surface area contributed by atoms with Gasteiger partial charge in [-0.2, -0.15) is 0 Å². The molecule has 2 aromatic rings. The molecular formula is C27H36N4O4. The summed E-state index contributed by atoms with van der Waals surface area (Å²) >= 11 is 0. The van der Waals surface area contributed by atoms with E-state index in [2.05, 4.69) is 16.3 Å². The van der Waals surface area contributed by atoms with E-state index in [-0.39, 0.29) is 18.6 Å². The van der Waals surface area contributed by atoms with Crippen molar-refractivity contribution >= 4 is 11.8 Å². The van der Waals surface area contributed by atoms with Gasteiger partial charge in [-0.3, -0.25) is 14.5 Å². The average Bonchev–Trinajstić information content (AvgIpc) is 3.35. The fourth-order valence-corrected chi connectivity index (χ4v) is 4.57. The minimum Gasteiger partial charge on any atom is -0.454 e. The minimum atomic E-state index is -0.556. The zero-order valence-corrected chi connectivity index (χ0v) is 20.3. The number of nitrogens with two attached hydrogens (primary N) is 1. The summed E-state index contributed by atoms with van der Waals surface area (Å²) in [6.07, 6.45) is 3.53. The Hall–Kier alpha value is -3.10. The molecule has 1 atom stereocenters. The van der Waals surface area contributed by atoms with E-state index in [1.165, 1.54) is 0 Å². The zero-order valence-electron chi connectivity index (χ0n) is 20.3. The van der Waals surface area contributed by atoms with Gasteiger partial charge in [0, 0.05) is 45.6 Å². The maximum Gasteiger partial charge on any atom is 0.245 e. The molecule has 8 heteroatoms. The molecule has 1 saturated heterocycles. The average molecular weight is 481 g/mol. The fourth-order valence-electron chi connectivity index (χ4n) is 4.57. The number of amides is 2. The smallest absolute Gasteiger partial charge is 0.245 e. The Bertz CT molecular complexity index is 976. The van der Waals surface area contributed by atoms with Crippen LogP contribution >= 0.6 is 0 Å². The molecule has 0 aliphatic carbocycles. The number of fused-ring (bicyclic) bond motifs is 1. The van der Waals surface area contributed by atoms with Crippen LogP contribution in [0.25, 0.3) is 0 Å². The second kappa shape index (κ2) is 12.6. The molecule has 0 bridgehead atoms. The molecule has 2 aliphatic rings. The molecule has 1 fully saturated rings. The number of piperazine rings is 1. The van der Waals surface area contributed by atoms with Gasteiger partial charge in [0.05, 0.1) is 0 Å². The lowest BCUT2D eigenvalue weighted by atomic mass is 10.0. The number of nitrogens with zero attached hydrogens (tertiary/aromatic N) is 2. The minimum absolute atomic E-state index is 0.00751. The van der Waals surface area contributed by atoms with E-state index < -0.39 is 6.04 Å². The monoisotopic (exact) mass is 480 g/mol. The third-order valence-corrected chi connectivity index (χ3v) is 6.55. The largest absolute Gasteiger partial charge is 0.454 e. The summed E-state index contributed by atoms with van der Waals surface area (Å²) in [5.41, 5.74) is 7.75. The summed E-state index contributed by atoms with van der Waals surface area (Å²) in [5, 5.41) is 3.01. The van der Waals surface area contributed by atoms with Crippen molar-refractivity contribution in [3.8, 4) is 11.5 Å². The number of carbonyl (C=O) groups is 2. The van der Waals surface area contributed by atoms with Crippen LogP contribution in [-0.2, 0) is 22.6 Å². The highest BCUT2D eigenvalue weighted by atomic mass is 16.7. The molecule has 35 heavy (non-hydrogen) atoms. The third kappa shape index (κ3) is 7.19. The highest BCUT2D eigenvalue weighted by Crippen LogP contribution is 2.32. The molecule has 0 aromatic heterocycles. The van der Waals surface area contributed by atoms with Crippen molar-refractivity contribution < 1.29 is 19.1 Å². The highest BCUT2D eigenvalue weighted by Gasteiger charge is 2.29. The van der Waals surface area contributed by atoms with Crippen LogP contribution in [0.2, 0.25) is 0 Å². The number of unbranched alkanes of at least 4 members (excludes halogenated alkanes) is 2. The molecule has 0 saturated carbocycles. The highest BCUT2D eigenvalue weighted by molar-refractivity contribution is 5.88. The van der Waals surface area contributed by atoms with Gasteiger partial charge in [0.1, 0.15) is 6.04 Å². The Labute approximate surface area is 207 Å². The lowest BCUT2D eigenvalue weighted by Crippen LogP contribution is -2.55. The first kappa shape index (κ1) is 25.0. The molecule has 3 N–H and O–H groups in total. The van der Waals surface area contributed by atoms with Crippen LogP contribution in [0.15, 0.2) is 48.5 Å². The van der Waals surface area contributed by atoms with Crippen molar-refractivity contribution in [1.82, 2.24) is 15.1 Å². The van der Waals surface area contributed by atoms with Gasteiger partial charge >= 0.3 is 0 Å². The van der Waals surface area contributed by atoms with E-state index in [1.807, 2.05) is 47.4 Å². The molecule has 2 heterocycles. The van der Waals surface area contributed by atoms with Crippen molar-refractivity contribution in [2.75, 3.05) is 39.5 Å². The molecule has 4 rings (SSSR count). The van der Waals surface area contributed by atoms with Crippen LogP contribution in [0.4, 0.5) is 0 Å². The van der Waals surface area contributed by atoms with Gasteiger partial charge in [-0.05, 0) is 42.6 Å². The number of carbonyl (C=O) groups excluding carboxylic acids is 2. The van der Waals surface area contributed by atoms with Gasteiger partial charge in [0.25, 0.3) is 0 Å². The van der Waals surface area contributed by atoms with Gasteiger partial charge in [-0.15, -0.1) is 0 Å². The Morgan fingerprint density at radius 3 is 2.46 bits per heavy atom. The molecule has 1 unspecified atom stereocenters. The summed E-state index contributed by atoms with van der Waals surface area (Å²) in [5.74, 6) is 1.50. The Kier molecular flexibility index (Phi) is 8.97. The molecule has 8 nitrogen and oxygen atoms in total. The van der Waals surface area contributed by atoms with E-state index >= 15 is 0 Å². The van der Waals surface area contributed by atoms with Gasteiger partial charge in [0.2, 0.25) is 18.6 Å². The molecule has 188 valence electrons. The summed E-state index contributed by atoms with van der Waals surface area (Å²) in [6.45, 7) is 4.55. The summed E-state index contributed by atoms with van der Waals surface area (Å²) in [4.78, 5) is 30.3. The van der Waals surface area contributed by atoms with Gasteiger partial charge in [-0.25, -0.2) is 0 Å². The van der Waals surface area contributed by atoms with Crippen molar-refractivity contribution in [3.05, 3.63) is 59.7 Å². The van der Waals surface area contributed by atoms with Crippen molar-refractivity contribution in [3.63, 3.8) is 0 Å². The van der Waals surface area contributed by atoms with Crippen LogP contribution in [0.5, 0.6) is 11.5 Å². The molecule has 0 spiro atoms. The number of benzene rings is 2. The maximum atomic E-state index is 13.5. The number of rotatable bonds is 11. The summed E-state index contributed by atoms with van der Waals surface area (Å²) in [7, 11) is 0. The van der Waals surface area contributed by atoms with E-state index in [0.717, 1.165) is 61.5 Å². The second-order valence-electron chi connectivity index (χ2n) is 9.20. The molecule has 2 amide bonds. The summed E-state index contributed by atoms with van der Waals surface area (Å²) in [6, 6.07) is 15.3. The van der Waals surface area contributed by atoms with Gasteiger partial charge in [-0.1, -0.05) is 42.8 Å². The number of nitrogens with one attached hydrogen (secondary N) is 1. The van der Waals surface area contributed by atoms with Crippen molar-refractivity contribution in [1.29, 1.82) is 0 Å². The van der Waals surface area contributed by atoms with Gasteiger partial charge in [0.15, 0.2) is 11.5 Å². The predicted octanol–water partition coefficient (Wildman–Crippen LogP) is 2.31. The SMILES string of the molecule is NCCCCCC(=O)NC(Cc1ccccc1)C(=O)N1CCN(Cc2ccc3c(c2)OCO3)CC1. The van der Waals surface area contributed by atoms with Crippen molar-refractivity contribution in [2.24, 2.45) is 5.73 Å². The molecular weight excluding hydrogens is 444 g/mol. The third-order valence-electron chi connectivity index (χ3n) is 6.55. The lowest BCUT2D eigenvalue weighted by molar-refractivity contribution is -0.138. The molecule has 2 aliphatic heterocycles. The van der Waals surface area contributed by atoms with Crippen LogP contribution < -0.4 is 20.5 Å². The molecule has 2 aromatic carbocycles. The second-order valence-corrected chi connectivity index (χ2v) is 9.20. The lowest BCUT2D eigenvalue weighted by Gasteiger charge is -2.36. The maximum absolute atomic E-state index is 13.5. The predicted molar refractivity (Wildman–Crippen MR) is 134 cm³/mol. The Morgan fingerprint density at radius 2 is 1.69 bits per heavy atom. The van der Waals surface area contributed by atoms with Crippen LogP contribution in [0.1, 0.15) is 36.8 Å². The molecule has 0 radical (unpaired) electrons. The Morgan fingerprint density at radius 1 is 0.914 bits per heavy atom. The van der Waals surface area contributed by atoms with Crippen LogP contribution in [-0.4, -0.2) is 67.2 Å². The van der Waals surface area contributed by atoms with Crippen LogP contribution in [0.3, 0.4) is 0 Å². The van der Waals surface area contributed by atoms with E-state index in [9.17, 15) is 9.59 Å². The topological polar surface area (TPSA) is 97.1 Å². The van der Waals surface area contributed by atoms with Crippen molar-refractivity contribution in [2.45, 2.75) is 44.7 Å². The van der Waals surface area contributed by atoms with Gasteiger partial charge < -0.3 is 25.4 Å². The first-order valence-corrected chi connectivity index (χ1v) is 12.6.